The van der Waals surface area contributed by atoms with Crippen molar-refractivity contribution in [3.05, 3.63) is 0 Å². The number of aliphatic hydroxyl groups excluding tert-OH is 1. The van der Waals surface area contributed by atoms with Crippen LogP contribution < -0.4 is 10.6 Å². The van der Waals surface area contributed by atoms with E-state index in [0.29, 0.717) is 12.6 Å². The average molecular weight is 325 g/mol. The third kappa shape index (κ3) is 4.91. The minimum absolute atomic E-state index is 0.0573. The van der Waals surface area contributed by atoms with Gasteiger partial charge in [-0.1, -0.05) is 19.3 Å². The Hall–Kier alpha value is -0.650. The second kappa shape index (κ2) is 8.45. The Balaban J connectivity index is 1.83. The van der Waals surface area contributed by atoms with Gasteiger partial charge in [-0.2, -0.15) is 0 Å². The molecule has 1 saturated carbocycles. The topological polar surface area (TPSA) is 64.6 Å². The lowest BCUT2D eigenvalue weighted by molar-refractivity contribution is -0.124. The molecule has 1 amide bonds. The molecule has 1 saturated heterocycles. The zero-order valence-corrected chi connectivity index (χ0v) is 15.2. The van der Waals surface area contributed by atoms with E-state index in [1.54, 1.807) is 7.05 Å². The van der Waals surface area contributed by atoms with Crippen LogP contribution in [-0.2, 0) is 4.79 Å². The first-order valence-corrected chi connectivity index (χ1v) is 9.32. The van der Waals surface area contributed by atoms with Crippen molar-refractivity contribution in [3.8, 4) is 0 Å². The number of likely N-dealkylation sites (N-methyl/N-ethyl adjacent to an activating group) is 1. The Morgan fingerprint density at radius 1 is 1.26 bits per heavy atom. The summed E-state index contributed by atoms with van der Waals surface area (Å²) in [5.41, 5.74) is 0. The monoisotopic (exact) mass is 325 g/mol. The van der Waals surface area contributed by atoms with Gasteiger partial charge in [0, 0.05) is 19.1 Å². The molecule has 1 aliphatic heterocycles. The molecule has 0 radical (unpaired) electrons. The number of carbonyl (C=O) groups excluding carboxylic acids is 1. The lowest BCUT2D eigenvalue weighted by atomic mass is 9.73. The predicted molar refractivity (Wildman–Crippen MR) is 93.2 cm³/mol. The summed E-state index contributed by atoms with van der Waals surface area (Å²) in [5.74, 6) is 1.64. The average Bonchev–Trinajstić information content (AvgIpc) is 2.54. The van der Waals surface area contributed by atoms with Crippen LogP contribution in [-0.4, -0.2) is 60.3 Å². The summed E-state index contributed by atoms with van der Waals surface area (Å²) >= 11 is 0. The molecular weight excluding hydrogens is 290 g/mol. The molecule has 0 spiro atoms. The van der Waals surface area contributed by atoms with Crippen molar-refractivity contribution in [1.29, 1.82) is 0 Å². The van der Waals surface area contributed by atoms with Crippen molar-refractivity contribution in [1.82, 2.24) is 15.5 Å². The first-order valence-electron chi connectivity index (χ1n) is 9.32. The molecule has 1 aliphatic carbocycles. The predicted octanol–water partition coefficient (Wildman–Crippen LogP) is 1.36. The van der Waals surface area contributed by atoms with Crippen LogP contribution in [0, 0.1) is 11.8 Å². The van der Waals surface area contributed by atoms with E-state index in [1.165, 1.54) is 32.1 Å². The first kappa shape index (κ1) is 18.7. The number of rotatable bonds is 6. The van der Waals surface area contributed by atoms with Crippen LogP contribution in [0.3, 0.4) is 0 Å². The number of β-amino-alcohol motifs (C(OH)–C–C–N with tert-alkyl or cyclic N) is 1. The Bertz CT molecular complexity index is 390. The Labute approximate surface area is 141 Å². The van der Waals surface area contributed by atoms with E-state index >= 15 is 0 Å². The highest BCUT2D eigenvalue weighted by Crippen LogP contribution is 2.38. The van der Waals surface area contributed by atoms with Gasteiger partial charge in [0.05, 0.1) is 18.2 Å². The number of hydrogen-bond acceptors (Lipinski definition) is 4. The summed E-state index contributed by atoms with van der Waals surface area (Å²) in [7, 11) is 1.77. The van der Waals surface area contributed by atoms with Gasteiger partial charge >= 0.3 is 0 Å². The van der Waals surface area contributed by atoms with Gasteiger partial charge in [0.1, 0.15) is 0 Å². The molecular formula is C18H35N3O2. The number of carbonyl (C=O) groups is 1. The number of nitrogens with one attached hydrogen (secondary N) is 2. The lowest BCUT2D eigenvalue weighted by Crippen LogP contribution is -2.54. The van der Waals surface area contributed by atoms with Crippen molar-refractivity contribution in [2.45, 2.75) is 77.1 Å². The lowest BCUT2D eigenvalue weighted by Gasteiger charge is -2.46. The largest absolute Gasteiger partial charge is 0.390 e. The number of amides is 1. The Morgan fingerprint density at radius 2 is 1.91 bits per heavy atom. The van der Waals surface area contributed by atoms with E-state index in [4.69, 9.17) is 0 Å². The number of piperidine rings is 1. The van der Waals surface area contributed by atoms with Gasteiger partial charge < -0.3 is 15.7 Å². The quantitative estimate of drug-likeness (QED) is 0.690. The summed E-state index contributed by atoms with van der Waals surface area (Å²) in [6, 6.07) is 0.0688. The van der Waals surface area contributed by atoms with Crippen LogP contribution in [0.25, 0.3) is 0 Å². The fourth-order valence-electron chi connectivity index (χ4n) is 4.13. The van der Waals surface area contributed by atoms with Crippen LogP contribution in [0.5, 0.6) is 0 Å². The van der Waals surface area contributed by atoms with Gasteiger partial charge in [-0.05, 0) is 52.5 Å². The van der Waals surface area contributed by atoms with Crippen LogP contribution in [0.15, 0.2) is 0 Å². The third-order valence-electron chi connectivity index (χ3n) is 6.00. The summed E-state index contributed by atoms with van der Waals surface area (Å²) in [5, 5.41) is 16.3. The summed E-state index contributed by atoms with van der Waals surface area (Å²) in [6.07, 6.45) is 6.22. The van der Waals surface area contributed by atoms with Crippen LogP contribution in [0.4, 0.5) is 0 Å². The summed E-state index contributed by atoms with van der Waals surface area (Å²) in [4.78, 5) is 14.4. The highest BCUT2D eigenvalue weighted by atomic mass is 16.3. The molecule has 2 rings (SSSR count). The number of aliphatic hydroxyl groups is 1. The van der Waals surface area contributed by atoms with Gasteiger partial charge in [0.25, 0.3) is 0 Å². The second-order valence-electron chi connectivity index (χ2n) is 7.72. The molecule has 0 bridgehead atoms. The highest BCUT2D eigenvalue weighted by molar-refractivity contribution is 5.81. The van der Waals surface area contributed by atoms with Gasteiger partial charge in [0.15, 0.2) is 0 Å². The number of fused-ring (bicyclic) bond motifs is 1. The second-order valence-corrected chi connectivity index (χ2v) is 7.72. The summed E-state index contributed by atoms with van der Waals surface area (Å²) in [6.45, 7) is 7.76. The maximum absolute atomic E-state index is 11.9. The van der Waals surface area contributed by atoms with Gasteiger partial charge in [-0.25, -0.2) is 0 Å². The van der Waals surface area contributed by atoms with Crippen LogP contribution in [0.1, 0.15) is 52.9 Å². The van der Waals surface area contributed by atoms with E-state index in [-0.39, 0.29) is 18.0 Å². The minimum Gasteiger partial charge on any atom is -0.390 e. The van der Waals surface area contributed by atoms with Crippen molar-refractivity contribution in [2.24, 2.45) is 11.8 Å². The smallest absolute Gasteiger partial charge is 0.237 e. The van der Waals surface area contributed by atoms with Gasteiger partial charge in [-0.15, -0.1) is 0 Å². The fraction of sp³-hybridized carbons (Fsp3) is 0.944. The van der Waals surface area contributed by atoms with Crippen molar-refractivity contribution < 1.29 is 9.90 Å². The standard InChI is InChI=1S/C18H35N3O2/c1-12-9-15-7-5-6-8-16(15)10-21(12)11-17(22)13(2)20-18(23)14(3)19-4/h12-17,19,22H,5-11H2,1-4H3,(H,20,23). The third-order valence-corrected chi connectivity index (χ3v) is 6.00. The van der Waals surface area contributed by atoms with Crippen LogP contribution >= 0.6 is 0 Å². The zero-order valence-electron chi connectivity index (χ0n) is 15.2. The molecule has 0 aromatic heterocycles. The van der Waals surface area contributed by atoms with Gasteiger partial charge in [0.2, 0.25) is 5.91 Å². The molecule has 6 atom stereocenters. The van der Waals surface area contributed by atoms with Crippen molar-refractivity contribution >= 4 is 5.91 Å². The van der Waals surface area contributed by atoms with Crippen LogP contribution in [0.2, 0.25) is 0 Å². The molecule has 5 nitrogen and oxygen atoms in total. The van der Waals surface area contributed by atoms with E-state index in [2.05, 4.69) is 22.5 Å². The Kier molecular flexibility index (Phi) is 6.86. The molecule has 1 heterocycles. The van der Waals surface area contributed by atoms with E-state index < -0.39 is 6.10 Å². The molecule has 5 heteroatoms. The van der Waals surface area contributed by atoms with E-state index in [9.17, 15) is 9.90 Å². The van der Waals surface area contributed by atoms with Crippen molar-refractivity contribution in [3.63, 3.8) is 0 Å². The first-order chi connectivity index (χ1) is 10.9. The maximum Gasteiger partial charge on any atom is 0.237 e. The normalized spacial score (nSPS) is 32.7. The molecule has 0 aromatic carbocycles. The highest BCUT2D eigenvalue weighted by Gasteiger charge is 2.36. The zero-order chi connectivity index (χ0) is 17.0. The summed E-state index contributed by atoms with van der Waals surface area (Å²) < 4.78 is 0. The maximum atomic E-state index is 11.9. The van der Waals surface area contributed by atoms with Crippen molar-refractivity contribution in [2.75, 3.05) is 20.1 Å². The molecule has 6 unspecified atom stereocenters. The SMILES string of the molecule is CNC(C)C(=O)NC(C)C(O)CN1CC2CCCCC2CC1C. The molecule has 23 heavy (non-hydrogen) atoms. The minimum atomic E-state index is -0.523. The molecule has 2 aliphatic rings. The van der Waals surface area contributed by atoms with Gasteiger partial charge in [-0.3, -0.25) is 9.69 Å². The number of hydrogen-bond donors (Lipinski definition) is 3. The molecule has 0 aromatic rings. The van der Waals surface area contributed by atoms with E-state index in [0.717, 1.165) is 18.4 Å². The molecule has 2 fully saturated rings. The molecule has 134 valence electrons. The Morgan fingerprint density at radius 3 is 2.57 bits per heavy atom. The number of likely N-dealkylation sites (tertiary alicyclic amines) is 1. The fourth-order valence-corrected chi connectivity index (χ4v) is 4.13. The number of nitrogens with zero attached hydrogens (tertiary/aromatic N) is 1. The molecule has 3 N–H and O–H groups in total. The van der Waals surface area contributed by atoms with E-state index in [1.807, 2.05) is 13.8 Å².